The first-order valence-corrected chi connectivity index (χ1v) is 8.73. The lowest BCUT2D eigenvalue weighted by atomic mass is 10.3. The molecule has 1 aromatic heterocycles. The van der Waals surface area contributed by atoms with E-state index in [1.165, 1.54) is 30.6 Å². The average molecular weight is 357 g/mol. The minimum atomic E-state index is -0.0482. The van der Waals surface area contributed by atoms with Gasteiger partial charge in [-0.3, -0.25) is 4.79 Å². The highest BCUT2D eigenvalue weighted by Crippen LogP contribution is 2.16. The van der Waals surface area contributed by atoms with Crippen LogP contribution in [0.2, 0.25) is 0 Å². The third-order valence-electron chi connectivity index (χ3n) is 3.87. The first-order valence-electron chi connectivity index (χ1n) is 7.94. The molecule has 1 aromatic rings. The molecule has 0 amide bonds. The summed E-state index contributed by atoms with van der Waals surface area (Å²) in [4.78, 5) is 14.6. The third kappa shape index (κ3) is 4.81. The van der Waals surface area contributed by atoms with E-state index in [1.54, 1.807) is 6.20 Å². The zero-order valence-corrected chi connectivity index (χ0v) is 14.4. The van der Waals surface area contributed by atoms with Gasteiger partial charge in [-0.2, -0.15) is 5.10 Å². The van der Waals surface area contributed by atoms with Crippen LogP contribution >= 0.6 is 15.9 Å². The second-order valence-corrected chi connectivity index (χ2v) is 6.38. The van der Waals surface area contributed by atoms with Crippen LogP contribution in [0.4, 0.5) is 5.69 Å². The smallest absolute Gasteiger partial charge is 0.283 e. The first-order chi connectivity index (χ1) is 10.2. The molecule has 6 heteroatoms. The Hall–Kier alpha value is -0.880. The SMILES string of the molecule is CCCCn1ncc(NCCCN2CCCC2)c(Br)c1=O. The van der Waals surface area contributed by atoms with Crippen LogP contribution in [-0.2, 0) is 6.54 Å². The fourth-order valence-electron chi connectivity index (χ4n) is 2.59. The van der Waals surface area contributed by atoms with Gasteiger partial charge in [0.25, 0.3) is 5.56 Å². The van der Waals surface area contributed by atoms with Gasteiger partial charge in [-0.1, -0.05) is 13.3 Å². The van der Waals surface area contributed by atoms with Gasteiger partial charge in [-0.15, -0.1) is 0 Å². The van der Waals surface area contributed by atoms with E-state index in [-0.39, 0.29) is 5.56 Å². The molecule has 2 rings (SSSR count). The Morgan fingerprint density at radius 1 is 1.29 bits per heavy atom. The molecule has 5 nitrogen and oxygen atoms in total. The molecule has 0 aromatic carbocycles. The number of likely N-dealkylation sites (tertiary alicyclic amines) is 1. The minimum Gasteiger partial charge on any atom is -0.383 e. The van der Waals surface area contributed by atoms with Gasteiger partial charge in [0.1, 0.15) is 4.47 Å². The van der Waals surface area contributed by atoms with Gasteiger partial charge in [0.2, 0.25) is 0 Å². The normalized spacial score (nSPS) is 15.5. The molecule has 0 bridgehead atoms. The van der Waals surface area contributed by atoms with E-state index in [1.807, 2.05) is 0 Å². The number of hydrogen-bond donors (Lipinski definition) is 1. The van der Waals surface area contributed by atoms with Crippen LogP contribution in [0, 0.1) is 0 Å². The fraction of sp³-hybridized carbons (Fsp3) is 0.733. The van der Waals surface area contributed by atoms with E-state index >= 15 is 0 Å². The van der Waals surface area contributed by atoms with Gasteiger partial charge in [-0.25, -0.2) is 4.68 Å². The summed E-state index contributed by atoms with van der Waals surface area (Å²) >= 11 is 3.40. The lowest BCUT2D eigenvalue weighted by Gasteiger charge is -2.15. The molecule has 0 spiro atoms. The van der Waals surface area contributed by atoms with Crippen molar-refractivity contribution in [1.29, 1.82) is 0 Å². The van der Waals surface area contributed by atoms with Crippen molar-refractivity contribution in [2.75, 3.05) is 31.5 Å². The molecule has 1 aliphatic rings. The number of aromatic nitrogens is 2. The van der Waals surface area contributed by atoms with Crippen molar-refractivity contribution in [2.24, 2.45) is 0 Å². The average Bonchev–Trinajstić information content (AvgIpc) is 3.00. The van der Waals surface area contributed by atoms with Crippen molar-refractivity contribution < 1.29 is 0 Å². The Balaban J connectivity index is 1.82. The maximum absolute atomic E-state index is 12.1. The summed E-state index contributed by atoms with van der Waals surface area (Å²) in [5.74, 6) is 0. The van der Waals surface area contributed by atoms with E-state index in [0.717, 1.165) is 38.0 Å². The summed E-state index contributed by atoms with van der Waals surface area (Å²) in [6, 6.07) is 0. The largest absolute Gasteiger partial charge is 0.383 e. The maximum Gasteiger partial charge on any atom is 0.283 e. The quantitative estimate of drug-likeness (QED) is 0.727. The van der Waals surface area contributed by atoms with E-state index in [9.17, 15) is 4.79 Å². The highest BCUT2D eigenvalue weighted by Gasteiger charge is 2.11. The van der Waals surface area contributed by atoms with Crippen molar-refractivity contribution >= 4 is 21.6 Å². The molecule has 0 atom stereocenters. The third-order valence-corrected chi connectivity index (χ3v) is 4.64. The van der Waals surface area contributed by atoms with Gasteiger partial charge in [0, 0.05) is 13.1 Å². The summed E-state index contributed by atoms with van der Waals surface area (Å²) in [6.07, 6.45) is 7.53. The van der Waals surface area contributed by atoms with Crippen LogP contribution in [0.25, 0.3) is 0 Å². The van der Waals surface area contributed by atoms with Crippen LogP contribution in [0.5, 0.6) is 0 Å². The van der Waals surface area contributed by atoms with Crippen LogP contribution in [-0.4, -0.2) is 40.9 Å². The fourth-order valence-corrected chi connectivity index (χ4v) is 3.03. The molecule has 1 N–H and O–H groups in total. The predicted octanol–water partition coefficient (Wildman–Crippen LogP) is 2.70. The van der Waals surface area contributed by atoms with Gasteiger partial charge < -0.3 is 10.2 Å². The number of nitrogens with one attached hydrogen (secondary N) is 1. The van der Waals surface area contributed by atoms with Crippen molar-refractivity contribution in [2.45, 2.75) is 45.6 Å². The summed E-state index contributed by atoms with van der Waals surface area (Å²) < 4.78 is 2.12. The van der Waals surface area contributed by atoms with E-state index in [2.05, 4.69) is 38.2 Å². The molecule has 0 saturated carbocycles. The Kier molecular flexibility index (Phi) is 6.70. The topological polar surface area (TPSA) is 50.2 Å². The zero-order chi connectivity index (χ0) is 15.1. The molecule has 1 aliphatic heterocycles. The number of rotatable bonds is 8. The second-order valence-electron chi connectivity index (χ2n) is 5.58. The van der Waals surface area contributed by atoms with Crippen molar-refractivity contribution in [1.82, 2.24) is 14.7 Å². The van der Waals surface area contributed by atoms with Crippen molar-refractivity contribution in [3.63, 3.8) is 0 Å². The number of halogens is 1. The Bertz CT molecular complexity index is 497. The summed E-state index contributed by atoms with van der Waals surface area (Å²) in [7, 11) is 0. The highest BCUT2D eigenvalue weighted by molar-refractivity contribution is 9.10. The number of anilines is 1. The Morgan fingerprint density at radius 2 is 2.05 bits per heavy atom. The van der Waals surface area contributed by atoms with Gasteiger partial charge in [0.15, 0.2) is 0 Å². The zero-order valence-electron chi connectivity index (χ0n) is 12.8. The number of nitrogens with zero attached hydrogens (tertiary/aromatic N) is 3. The predicted molar refractivity (Wildman–Crippen MR) is 89.9 cm³/mol. The van der Waals surface area contributed by atoms with Crippen LogP contribution < -0.4 is 10.9 Å². The maximum atomic E-state index is 12.1. The lowest BCUT2D eigenvalue weighted by molar-refractivity contribution is 0.337. The first kappa shape index (κ1) is 16.5. The summed E-state index contributed by atoms with van der Waals surface area (Å²) in [6.45, 7) is 7.26. The standard InChI is InChI=1S/C15H25BrN4O/c1-2-3-11-20-15(21)14(16)13(12-18-20)17-7-6-10-19-8-4-5-9-19/h12,17H,2-11H2,1H3. The lowest BCUT2D eigenvalue weighted by Crippen LogP contribution is -2.25. The Morgan fingerprint density at radius 3 is 2.76 bits per heavy atom. The van der Waals surface area contributed by atoms with Crippen LogP contribution in [0.1, 0.15) is 39.0 Å². The molecule has 1 fully saturated rings. The molecular formula is C15H25BrN4O. The highest BCUT2D eigenvalue weighted by atomic mass is 79.9. The van der Waals surface area contributed by atoms with Gasteiger partial charge in [0.05, 0.1) is 11.9 Å². The van der Waals surface area contributed by atoms with E-state index < -0.39 is 0 Å². The molecule has 0 radical (unpaired) electrons. The molecule has 2 heterocycles. The molecule has 118 valence electrons. The molecule has 1 saturated heterocycles. The number of hydrogen-bond acceptors (Lipinski definition) is 4. The minimum absolute atomic E-state index is 0.0482. The van der Waals surface area contributed by atoms with E-state index in [0.29, 0.717) is 11.0 Å². The van der Waals surface area contributed by atoms with Gasteiger partial charge >= 0.3 is 0 Å². The Labute approximate surface area is 134 Å². The van der Waals surface area contributed by atoms with Gasteiger partial charge in [-0.05, 0) is 61.2 Å². The van der Waals surface area contributed by atoms with Crippen molar-refractivity contribution in [3.05, 3.63) is 21.0 Å². The monoisotopic (exact) mass is 356 g/mol. The van der Waals surface area contributed by atoms with E-state index in [4.69, 9.17) is 0 Å². The second kappa shape index (κ2) is 8.54. The molecular weight excluding hydrogens is 332 g/mol. The molecule has 0 aliphatic carbocycles. The van der Waals surface area contributed by atoms with Crippen LogP contribution in [0.3, 0.4) is 0 Å². The summed E-state index contributed by atoms with van der Waals surface area (Å²) in [5, 5.41) is 7.55. The molecule has 21 heavy (non-hydrogen) atoms. The summed E-state index contributed by atoms with van der Waals surface area (Å²) in [5.41, 5.74) is 0.752. The van der Waals surface area contributed by atoms with Crippen LogP contribution in [0.15, 0.2) is 15.5 Å². The van der Waals surface area contributed by atoms with Crippen molar-refractivity contribution in [3.8, 4) is 0 Å². The number of aryl methyl sites for hydroxylation is 1. The number of unbranched alkanes of at least 4 members (excludes halogenated alkanes) is 1. The molecule has 0 unspecified atom stereocenters.